The highest BCUT2D eigenvalue weighted by Crippen LogP contribution is 2.44. The molecule has 0 spiro atoms. The number of thiophene rings is 1. The van der Waals surface area contributed by atoms with E-state index >= 15 is 0 Å². The summed E-state index contributed by atoms with van der Waals surface area (Å²) in [4.78, 5) is 15.4. The quantitative estimate of drug-likeness (QED) is 0.161. The summed E-state index contributed by atoms with van der Waals surface area (Å²) >= 11 is 1.68. The Hall–Kier alpha value is -7.99. The summed E-state index contributed by atoms with van der Waals surface area (Å²) in [7, 11) is 0. The van der Waals surface area contributed by atoms with E-state index in [1.165, 1.54) is 12.1 Å². The first kappa shape index (κ1) is 30.1. The van der Waals surface area contributed by atoms with Gasteiger partial charge in [0.25, 0.3) is 0 Å². The molecule has 0 aliphatic rings. The monoisotopic (exact) mass is 814 g/mol. The van der Waals surface area contributed by atoms with Crippen LogP contribution in [0.5, 0.6) is 0 Å². The van der Waals surface area contributed by atoms with Gasteiger partial charge in [0.05, 0.1) is 24.9 Å². The van der Waals surface area contributed by atoms with E-state index in [-0.39, 0.29) is 58.1 Å². The molecule has 0 bridgehead atoms. The van der Waals surface area contributed by atoms with Crippen LogP contribution in [0.3, 0.4) is 0 Å². The molecular formula is C57H36N4S. The fourth-order valence-corrected chi connectivity index (χ4v) is 9.68. The van der Waals surface area contributed by atoms with Crippen LogP contribution in [0.1, 0.15) is 8.22 Å². The van der Waals surface area contributed by atoms with E-state index in [0.717, 1.165) is 64.7 Å². The van der Waals surface area contributed by atoms with Gasteiger partial charge in [-0.3, -0.25) is 0 Å². The Kier molecular flexibility index (Phi) is 7.25. The molecule has 5 heteroatoms. The van der Waals surface area contributed by atoms with Crippen molar-refractivity contribution < 1.29 is 8.22 Å². The Morgan fingerprint density at radius 1 is 0.371 bits per heavy atom. The van der Waals surface area contributed by atoms with Crippen molar-refractivity contribution in [1.29, 1.82) is 0 Å². The maximum absolute atomic E-state index is 9.38. The highest BCUT2D eigenvalue weighted by Gasteiger charge is 2.21. The molecule has 0 atom stereocenters. The van der Waals surface area contributed by atoms with Gasteiger partial charge in [0.1, 0.15) is 0 Å². The van der Waals surface area contributed by atoms with Crippen LogP contribution in [0.15, 0.2) is 218 Å². The van der Waals surface area contributed by atoms with Crippen molar-refractivity contribution in [3.8, 4) is 73.2 Å². The number of fused-ring (bicyclic) bond motifs is 6. The van der Waals surface area contributed by atoms with E-state index in [4.69, 9.17) is 20.4 Å². The molecule has 0 aliphatic carbocycles. The minimum atomic E-state index is -0.175. The molecule has 12 aromatic rings. The van der Waals surface area contributed by atoms with E-state index in [2.05, 4.69) is 72.8 Å². The van der Waals surface area contributed by atoms with Gasteiger partial charge in [-0.05, 0) is 46.5 Å². The Labute approximate surface area is 371 Å². The second-order valence-corrected chi connectivity index (χ2v) is 16.2. The molecule has 9 aromatic carbocycles. The lowest BCUT2D eigenvalue weighted by molar-refractivity contribution is 1.07. The third-order valence-electron chi connectivity index (χ3n) is 11.5. The van der Waals surface area contributed by atoms with Gasteiger partial charge in [-0.2, -0.15) is 0 Å². The number of rotatable bonds is 7. The minimum Gasteiger partial charge on any atom is -0.309 e. The molecule has 0 N–H and O–H groups in total. The van der Waals surface area contributed by atoms with Gasteiger partial charge >= 0.3 is 0 Å². The number of nitrogens with zero attached hydrogens (tertiary/aromatic N) is 4. The van der Waals surface area contributed by atoms with Crippen molar-refractivity contribution in [2.45, 2.75) is 0 Å². The first-order valence-corrected chi connectivity index (χ1v) is 21.2. The van der Waals surface area contributed by atoms with Crippen LogP contribution in [0, 0.1) is 0 Å². The SMILES string of the molecule is [2H]c1cc([2H])c2c(c1[2H])c1c([2H])c([2H])cc([2H])c1n2-c1cc(-c2nc(-c3ccc(-c4ccccc4)cc3)nc(-c3ccc(-c4ccccc4)cc3)n2)ccc1-c1cccc2c1sc1ccccc12. The van der Waals surface area contributed by atoms with Crippen molar-refractivity contribution in [3.63, 3.8) is 0 Å². The molecule has 290 valence electrons. The van der Waals surface area contributed by atoms with Crippen LogP contribution in [-0.4, -0.2) is 19.5 Å². The molecule has 4 nitrogen and oxygen atoms in total. The average Bonchev–Trinajstić information content (AvgIpc) is 3.96. The van der Waals surface area contributed by atoms with Gasteiger partial charge < -0.3 is 4.57 Å². The lowest BCUT2D eigenvalue weighted by Crippen LogP contribution is -2.02. The summed E-state index contributed by atoms with van der Waals surface area (Å²) in [5.74, 6) is 1.33. The topological polar surface area (TPSA) is 43.6 Å². The molecule has 0 unspecified atom stereocenters. The lowest BCUT2D eigenvalue weighted by atomic mass is 9.98. The number of para-hydroxylation sites is 2. The van der Waals surface area contributed by atoms with Crippen molar-refractivity contribution in [3.05, 3.63) is 218 Å². The van der Waals surface area contributed by atoms with Crippen molar-refractivity contribution in [2.75, 3.05) is 0 Å². The Balaban J connectivity index is 1.13. The molecule has 0 fully saturated rings. The summed E-state index contributed by atoms with van der Waals surface area (Å²) < 4.78 is 58.4. The first-order valence-electron chi connectivity index (χ1n) is 23.3. The molecule has 0 amide bonds. The zero-order chi connectivity index (χ0) is 46.2. The smallest absolute Gasteiger partial charge is 0.164 e. The first-order chi connectivity index (χ1) is 33.2. The van der Waals surface area contributed by atoms with E-state index in [9.17, 15) is 2.74 Å². The lowest BCUT2D eigenvalue weighted by Gasteiger charge is -2.17. The summed E-state index contributed by atoms with van der Waals surface area (Å²) in [5.41, 5.74) is 9.32. The fraction of sp³-hybridized carbons (Fsp3) is 0. The molecule has 0 saturated carbocycles. The Morgan fingerprint density at radius 3 is 1.45 bits per heavy atom. The van der Waals surface area contributed by atoms with Crippen molar-refractivity contribution >= 4 is 53.3 Å². The van der Waals surface area contributed by atoms with Gasteiger partial charge in [-0.25, -0.2) is 15.0 Å². The molecule has 12 rings (SSSR count). The largest absolute Gasteiger partial charge is 0.309 e. The molecule has 0 saturated heterocycles. The standard InChI is InChI=1S/C57H36N4S/c1-3-14-37(15-4-1)39-26-30-41(31-27-39)55-58-56(42-32-28-40(29-33-42)38-16-5-2-6-17-38)60-57(59-55)43-34-35-46(48-21-13-22-49-47-20-9-12-25-53(47)62-54(48)49)52(36-43)61-50-23-10-7-18-44(50)45-19-8-11-24-51(45)61/h1-36H/i7D,8D,18D,19D,23D,24D. The fourth-order valence-electron chi connectivity index (χ4n) is 8.45. The highest BCUT2D eigenvalue weighted by molar-refractivity contribution is 7.26. The predicted molar refractivity (Wildman–Crippen MR) is 260 cm³/mol. The predicted octanol–water partition coefficient (Wildman–Crippen LogP) is 15.3. The van der Waals surface area contributed by atoms with Gasteiger partial charge in [0.2, 0.25) is 0 Å². The maximum atomic E-state index is 9.38. The Bertz CT molecular complexity index is 3790. The van der Waals surface area contributed by atoms with E-state index in [0.29, 0.717) is 28.7 Å². The van der Waals surface area contributed by atoms with Crippen LogP contribution < -0.4 is 0 Å². The molecule has 0 radical (unpaired) electrons. The summed E-state index contributed by atoms with van der Waals surface area (Å²) in [6.07, 6.45) is 0. The molecular weight excluding hydrogens is 773 g/mol. The minimum absolute atomic E-state index is 0.0402. The van der Waals surface area contributed by atoms with Crippen LogP contribution >= 0.6 is 11.3 Å². The highest BCUT2D eigenvalue weighted by atomic mass is 32.1. The zero-order valence-electron chi connectivity index (χ0n) is 39.0. The number of hydrogen-bond donors (Lipinski definition) is 0. The van der Waals surface area contributed by atoms with Gasteiger partial charge in [0, 0.05) is 58.8 Å². The molecule has 3 aromatic heterocycles. The van der Waals surface area contributed by atoms with Gasteiger partial charge in [-0.1, -0.05) is 194 Å². The number of hydrogen-bond acceptors (Lipinski definition) is 4. The summed E-state index contributed by atoms with van der Waals surface area (Å²) in [6, 6.07) is 59.1. The van der Waals surface area contributed by atoms with Crippen LogP contribution in [0.4, 0.5) is 0 Å². The molecule has 3 heterocycles. The second kappa shape index (κ2) is 14.9. The van der Waals surface area contributed by atoms with Gasteiger partial charge in [0.15, 0.2) is 17.5 Å². The van der Waals surface area contributed by atoms with E-state index < -0.39 is 0 Å². The number of aromatic nitrogens is 4. The summed E-state index contributed by atoms with van der Waals surface area (Å²) in [5, 5.41) is 2.59. The van der Waals surface area contributed by atoms with E-state index in [1.54, 1.807) is 15.9 Å². The van der Waals surface area contributed by atoms with E-state index in [1.807, 2.05) is 97.1 Å². The van der Waals surface area contributed by atoms with Crippen molar-refractivity contribution in [2.24, 2.45) is 0 Å². The summed E-state index contributed by atoms with van der Waals surface area (Å²) in [6.45, 7) is 0. The number of benzene rings is 9. The Morgan fingerprint density at radius 2 is 0.855 bits per heavy atom. The zero-order valence-corrected chi connectivity index (χ0v) is 33.8. The average molecular weight is 815 g/mol. The third kappa shape index (κ3) is 6.18. The van der Waals surface area contributed by atoms with Crippen LogP contribution in [-0.2, 0) is 0 Å². The van der Waals surface area contributed by atoms with Gasteiger partial charge in [-0.15, -0.1) is 11.3 Å². The second-order valence-electron chi connectivity index (χ2n) is 15.1. The van der Waals surface area contributed by atoms with Crippen molar-refractivity contribution in [1.82, 2.24) is 19.5 Å². The van der Waals surface area contributed by atoms with Crippen LogP contribution in [0.25, 0.3) is 115 Å². The van der Waals surface area contributed by atoms with Crippen LogP contribution in [0.2, 0.25) is 0 Å². The third-order valence-corrected chi connectivity index (χ3v) is 12.7. The maximum Gasteiger partial charge on any atom is 0.164 e. The normalized spacial score (nSPS) is 12.9. The molecule has 0 aliphatic heterocycles. The molecule has 62 heavy (non-hydrogen) atoms.